The molecule has 0 saturated heterocycles. The lowest BCUT2D eigenvalue weighted by atomic mass is 10.1. The van der Waals surface area contributed by atoms with Crippen LogP contribution in [0.15, 0.2) is 54.6 Å². The van der Waals surface area contributed by atoms with Crippen LogP contribution in [-0.4, -0.2) is 6.54 Å². The molecule has 0 aliphatic carbocycles. The first-order valence-electron chi connectivity index (χ1n) is 6.51. The molecular formula is C16H17ClF3N. The number of rotatable bonds is 5. The van der Waals surface area contributed by atoms with Gasteiger partial charge in [0.2, 0.25) is 0 Å². The summed E-state index contributed by atoms with van der Waals surface area (Å²) in [5.74, 6) is 0. The largest absolute Gasteiger partial charge is 0.416 e. The Balaban J connectivity index is 0.00000220. The number of aryl methyl sites for hydroxylation is 1. The zero-order chi connectivity index (χ0) is 14.4. The van der Waals surface area contributed by atoms with Gasteiger partial charge in [0.15, 0.2) is 0 Å². The van der Waals surface area contributed by atoms with Crippen LogP contribution in [0.1, 0.15) is 17.5 Å². The number of halogens is 4. The molecular weight excluding hydrogens is 299 g/mol. The van der Waals surface area contributed by atoms with Crippen molar-refractivity contribution < 1.29 is 13.2 Å². The Bertz CT molecular complexity index is 523. The maximum Gasteiger partial charge on any atom is 0.416 e. The molecule has 2 aromatic carbocycles. The van der Waals surface area contributed by atoms with E-state index in [0.29, 0.717) is 0 Å². The zero-order valence-corrected chi connectivity index (χ0v) is 12.2. The summed E-state index contributed by atoms with van der Waals surface area (Å²) in [5.41, 5.74) is 1.39. The quantitative estimate of drug-likeness (QED) is 0.750. The summed E-state index contributed by atoms with van der Waals surface area (Å²) in [4.78, 5) is 0. The first-order valence-corrected chi connectivity index (χ1v) is 6.51. The van der Waals surface area contributed by atoms with Crippen LogP contribution in [0.25, 0.3) is 0 Å². The highest BCUT2D eigenvalue weighted by atomic mass is 35.5. The summed E-state index contributed by atoms with van der Waals surface area (Å²) in [7, 11) is 0. The van der Waals surface area contributed by atoms with Crippen molar-refractivity contribution in [3.63, 3.8) is 0 Å². The minimum Gasteiger partial charge on any atom is -0.385 e. The van der Waals surface area contributed by atoms with E-state index >= 15 is 0 Å². The van der Waals surface area contributed by atoms with Crippen LogP contribution in [0.5, 0.6) is 0 Å². The van der Waals surface area contributed by atoms with Crippen LogP contribution in [0.4, 0.5) is 18.9 Å². The van der Waals surface area contributed by atoms with E-state index in [-0.39, 0.29) is 12.4 Å². The fourth-order valence-electron chi connectivity index (χ4n) is 1.94. The Morgan fingerprint density at radius 3 is 2.05 bits per heavy atom. The standard InChI is InChI=1S/C16H16F3N.ClH/c17-16(18,19)14-10-8-13(9-11-14)5-4-12-20-15-6-2-1-3-7-15;/h1-3,6-11,20H,4-5,12H2;1H. The van der Waals surface area contributed by atoms with Gasteiger partial charge in [0.05, 0.1) is 5.56 Å². The van der Waals surface area contributed by atoms with Crippen LogP contribution in [-0.2, 0) is 12.6 Å². The van der Waals surface area contributed by atoms with Crippen molar-refractivity contribution in [1.82, 2.24) is 0 Å². The zero-order valence-electron chi connectivity index (χ0n) is 11.4. The number of hydrogen-bond donors (Lipinski definition) is 1. The smallest absolute Gasteiger partial charge is 0.385 e. The molecule has 0 aromatic heterocycles. The van der Waals surface area contributed by atoms with Crippen molar-refractivity contribution in [3.8, 4) is 0 Å². The predicted octanol–water partition coefficient (Wildman–Crippen LogP) is 5.17. The summed E-state index contributed by atoms with van der Waals surface area (Å²) in [6.07, 6.45) is -2.62. The van der Waals surface area contributed by atoms with Gasteiger partial charge in [0.1, 0.15) is 0 Å². The van der Waals surface area contributed by atoms with Crippen molar-refractivity contribution >= 4 is 18.1 Å². The summed E-state index contributed by atoms with van der Waals surface area (Å²) >= 11 is 0. The normalized spacial score (nSPS) is 10.8. The Morgan fingerprint density at radius 1 is 0.857 bits per heavy atom. The molecule has 2 rings (SSSR count). The lowest BCUT2D eigenvalue weighted by Gasteiger charge is -2.08. The van der Waals surface area contributed by atoms with Gasteiger partial charge in [0, 0.05) is 12.2 Å². The number of anilines is 1. The molecule has 0 aliphatic heterocycles. The maximum atomic E-state index is 12.4. The number of benzene rings is 2. The van der Waals surface area contributed by atoms with E-state index in [0.717, 1.165) is 42.8 Å². The second kappa shape index (κ2) is 7.93. The second-order valence-corrected chi connectivity index (χ2v) is 4.59. The van der Waals surface area contributed by atoms with Gasteiger partial charge in [-0.3, -0.25) is 0 Å². The third-order valence-electron chi connectivity index (χ3n) is 3.03. The molecule has 0 saturated carbocycles. The van der Waals surface area contributed by atoms with Crippen molar-refractivity contribution in [2.24, 2.45) is 0 Å². The molecule has 0 fully saturated rings. The third kappa shape index (κ3) is 5.68. The monoisotopic (exact) mass is 315 g/mol. The predicted molar refractivity (Wildman–Crippen MR) is 81.9 cm³/mol. The summed E-state index contributed by atoms with van der Waals surface area (Å²) < 4.78 is 37.2. The van der Waals surface area contributed by atoms with Gasteiger partial charge in [-0.15, -0.1) is 12.4 Å². The van der Waals surface area contributed by atoms with Gasteiger partial charge >= 0.3 is 6.18 Å². The van der Waals surface area contributed by atoms with Crippen molar-refractivity contribution in [1.29, 1.82) is 0 Å². The van der Waals surface area contributed by atoms with Gasteiger partial charge in [-0.25, -0.2) is 0 Å². The lowest BCUT2D eigenvalue weighted by Crippen LogP contribution is -2.05. The molecule has 0 aliphatic rings. The fraction of sp³-hybridized carbons (Fsp3) is 0.250. The Labute approximate surface area is 128 Å². The molecule has 21 heavy (non-hydrogen) atoms. The van der Waals surface area contributed by atoms with Crippen LogP contribution in [0.3, 0.4) is 0 Å². The van der Waals surface area contributed by atoms with Crippen molar-refractivity contribution in [3.05, 3.63) is 65.7 Å². The maximum absolute atomic E-state index is 12.4. The first kappa shape index (κ1) is 17.4. The topological polar surface area (TPSA) is 12.0 Å². The average Bonchev–Trinajstić information content (AvgIpc) is 2.44. The van der Waals surface area contributed by atoms with E-state index < -0.39 is 11.7 Å². The molecule has 0 radical (unpaired) electrons. The van der Waals surface area contributed by atoms with Crippen LogP contribution in [0, 0.1) is 0 Å². The molecule has 2 aromatic rings. The van der Waals surface area contributed by atoms with Crippen molar-refractivity contribution in [2.75, 3.05) is 11.9 Å². The Hall–Kier alpha value is -1.68. The lowest BCUT2D eigenvalue weighted by molar-refractivity contribution is -0.137. The van der Waals surface area contributed by atoms with Crippen LogP contribution < -0.4 is 5.32 Å². The minimum absolute atomic E-state index is 0. The molecule has 0 bridgehead atoms. The summed E-state index contributed by atoms with van der Waals surface area (Å²) in [6, 6.07) is 15.2. The highest BCUT2D eigenvalue weighted by Crippen LogP contribution is 2.29. The van der Waals surface area contributed by atoms with Gasteiger partial charge in [-0.05, 0) is 42.7 Å². The van der Waals surface area contributed by atoms with Crippen LogP contribution >= 0.6 is 12.4 Å². The molecule has 1 N–H and O–H groups in total. The molecule has 5 heteroatoms. The van der Waals surface area contributed by atoms with Crippen molar-refractivity contribution in [2.45, 2.75) is 19.0 Å². The summed E-state index contributed by atoms with van der Waals surface area (Å²) in [5, 5.41) is 3.27. The van der Waals surface area contributed by atoms with Crippen LogP contribution in [0.2, 0.25) is 0 Å². The van der Waals surface area contributed by atoms with E-state index in [1.807, 2.05) is 30.3 Å². The molecule has 0 heterocycles. The third-order valence-corrected chi connectivity index (χ3v) is 3.03. The summed E-state index contributed by atoms with van der Waals surface area (Å²) in [6.45, 7) is 0.797. The molecule has 114 valence electrons. The fourth-order valence-corrected chi connectivity index (χ4v) is 1.94. The van der Waals surface area contributed by atoms with E-state index in [1.165, 1.54) is 0 Å². The van der Waals surface area contributed by atoms with Gasteiger partial charge < -0.3 is 5.32 Å². The van der Waals surface area contributed by atoms with Gasteiger partial charge in [-0.1, -0.05) is 30.3 Å². The van der Waals surface area contributed by atoms with E-state index in [2.05, 4.69) is 5.32 Å². The average molecular weight is 316 g/mol. The highest BCUT2D eigenvalue weighted by molar-refractivity contribution is 5.85. The first-order chi connectivity index (χ1) is 9.55. The number of hydrogen-bond acceptors (Lipinski definition) is 1. The molecule has 0 spiro atoms. The van der Waals surface area contributed by atoms with Gasteiger partial charge in [-0.2, -0.15) is 13.2 Å². The van der Waals surface area contributed by atoms with E-state index in [1.54, 1.807) is 12.1 Å². The second-order valence-electron chi connectivity index (χ2n) is 4.59. The van der Waals surface area contributed by atoms with E-state index in [9.17, 15) is 13.2 Å². The molecule has 1 nitrogen and oxygen atoms in total. The number of alkyl halides is 3. The van der Waals surface area contributed by atoms with E-state index in [4.69, 9.17) is 0 Å². The Morgan fingerprint density at radius 2 is 1.48 bits per heavy atom. The highest BCUT2D eigenvalue weighted by Gasteiger charge is 2.29. The molecule has 0 unspecified atom stereocenters. The van der Waals surface area contributed by atoms with Gasteiger partial charge in [0.25, 0.3) is 0 Å². The molecule has 0 atom stereocenters. The minimum atomic E-state index is -4.26. The molecule has 0 amide bonds. The number of nitrogens with one attached hydrogen (secondary N) is 1. The SMILES string of the molecule is Cl.FC(F)(F)c1ccc(CCCNc2ccccc2)cc1. The number of para-hydroxylation sites is 1. The Kier molecular flexibility index (Phi) is 6.56.